The van der Waals surface area contributed by atoms with Crippen LogP contribution < -0.4 is 4.90 Å². The summed E-state index contributed by atoms with van der Waals surface area (Å²) in [6.07, 6.45) is 0.612. The van der Waals surface area contributed by atoms with Crippen LogP contribution in [0.4, 0.5) is 5.82 Å². The monoisotopic (exact) mass is 258 g/mol. The van der Waals surface area contributed by atoms with Crippen LogP contribution in [0.15, 0.2) is 12.1 Å². The van der Waals surface area contributed by atoms with Crippen molar-refractivity contribution in [3.63, 3.8) is 0 Å². The van der Waals surface area contributed by atoms with Crippen molar-refractivity contribution < 1.29 is 15.0 Å². The van der Waals surface area contributed by atoms with E-state index in [-0.39, 0.29) is 17.3 Å². The fourth-order valence-electron chi connectivity index (χ4n) is 1.45. The van der Waals surface area contributed by atoms with Gasteiger partial charge in [-0.25, -0.2) is 9.78 Å². The zero-order valence-electron chi connectivity index (χ0n) is 9.56. The molecule has 17 heavy (non-hydrogen) atoms. The normalized spacial score (nSPS) is 10.3. The molecule has 0 unspecified atom stereocenters. The maximum atomic E-state index is 10.9. The van der Waals surface area contributed by atoms with E-state index in [4.69, 9.17) is 21.8 Å². The molecule has 2 N–H and O–H groups in total. The molecule has 0 radical (unpaired) electrons. The van der Waals surface area contributed by atoms with Crippen molar-refractivity contribution in [2.45, 2.75) is 13.3 Å². The summed E-state index contributed by atoms with van der Waals surface area (Å²) in [6.45, 7) is 3.35. The van der Waals surface area contributed by atoms with E-state index in [2.05, 4.69) is 4.98 Å². The first-order valence-electron chi connectivity index (χ1n) is 5.35. The lowest BCUT2D eigenvalue weighted by Crippen LogP contribution is -2.26. The van der Waals surface area contributed by atoms with Crippen molar-refractivity contribution in [1.82, 2.24) is 4.98 Å². The van der Waals surface area contributed by atoms with E-state index < -0.39 is 5.97 Å². The molecule has 0 aromatic carbocycles. The fraction of sp³-hybridized carbons (Fsp3) is 0.455. The number of hydrogen-bond donors (Lipinski definition) is 2. The summed E-state index contributed by atoms with van der Waals surface area (Å²) in [4.78, 5) is 16.8. The number of pyridine rings is 1. The number of aliphatic hydroxyl groups is 1. The summed E-state index contributed by atoms with van der Waals surface area (Å²) < 4.78 is 0. The van der Waals surface area contributed by atoms with E-state index in [9.17, 15) is 4.79 Å². The zero-order valence-corrected chi connectivity index (χ0v) is 10.3. The van der Waals surface area contributed by atoms with Crippen molar-refractivity contribution in [2.24, 2.45) is 0 Å². The molecule has 1 heterocycles. The van der Waals surface area contributed by atoms with E-state index in [0.29, 0.717) is 25.3 Å². The van der Waals surface area contributed by atoms with E-state index in [1.54, 1.807) is 6.07 Å². The second-order valence-electron chi connectivity index (χ2n) is 3.46. The van der Waals surface area contributed by atoms with Crippen LogP contribution in [0, 0.1) is 0 Å². The molecule has 0 aliphatic carbocycles. The molecule has 6 heteroatoms. The van der Waals surface area contributed by atoms with Gasteiger partial charge >= 0.3 is 5.97 Å². The maximum Gasteiger partial charge on any atom is 0.356 e. The minimum atomic E-state index is -1.14. The van der Waals surface area contributed by atoms with Gasteiger partial charge in [0.05, 0.1) is 5.02 Å². The number of carboxylic acids is 1. The average molecular weight is 259 g/mol. The second kappa shape index (κ2) is 6.42. The lowest BCUT2D eigenvalue weighted by Gasteiger charge is -2.21. The molecule has 1 rings (SSSR count). The lowest BCUT2D eigenvalue weighted by atomic mass is 10.3. The lowest BCUT2D eigenvalue weighted by molar-refractivity contribution is 0.0691. The quantitative estimate of drug-likeness (QED) is 0.812. The van der Waals surface area contributed by atoms with Crippen LogP contribution in [-0.4, -0.2) is 40.9 Å². The average Bonchev–Trinajstić information content (AvgIpc) is 2.31. The Bertz CT molecular complexity index is 398. The number of hydrogen-bond acceptors (Lipinski definition) is 4. The van der Waals surface area contributed by atoms with Gasteiger partial charge in [0.25, 0.3) is 0 Å². The summed E-state index contributed by atoms with van der Waals surface area (Å²) in [5, 5.41) is 17.8. The maximum absolute atomic E-state index is 10.9. The first-order chi connectivity index (χ1) is 8.10. The molecule has 0 spiro atoms. The minimum Gasteiger partial charge on any atom is -0.476 e. The van der Waals surface area contributed by atoms with Crippen LogP contribution in [0.25, 0.3) is 0 Å². The summed E-state index contributed by atoms with van der Waals surface area (Å²) >= 11 is 5.74. The Morgan fingerprint density at radius 2 is 2.24 bits per heavy atom. The minimum absolute atomic E-state index is 0.0931. The number of halogens is 1. The van der Waals surface area contributed by atoms with Crippen molar-refractivity contribution in [3.05, 3.63) is 22.8 Å². The molecule has 0 saturated heterocycles. The highest BCUT2D eigenvalue weighted by atomic mass is 35.5. The van der Waals surface area contributed by atoms with Crippen LogP contribution in [0.3, 0.4) is 0 Å². The molecule has 0 aliphatic heterocycles. The Hall–Kier alpha value is -1.33. The van der Waals surface area contributed by atoms with E-state index in [1.807, 2.05) is 11.8 Å². The molecule has 0 saturated carbocycles. The number of aliphatic hydroxyl groups excluding tert-OH is 1. The third-order valence-electron chi connectivity index (χ3n) is 2.33. The predicted molar refractivity (Wildman–Crippen MR) is 65.8 cm³/mol. The summed E-state index contributed by atoms with van der Waals surface area (Å²) in [7, 11) is 0. The molecule has 5 nitrogen and oxygen atoms in total. The number of carbonyl (C=O) groups is 1. The van der Waals surface area contributed by atoms with Crippen LogP contribution in [0.5, 0.6) is 0 Å². The number of aromatic carboxylic acids is 1. The summed E-state index contributed by atoms with van der Waals surface area (Å²) in [5.41, 5.74) is -0.147. The standard InChI is InChI=1S/C11H15ClN2O3/c1-2-14(6-3-7-15)9-5-4-8(12)10(13-9)11(16)17/h4-5,15H,2-3,6-7H2,1H3,(H,16,17). The van der Waals surface area contributed by atoms with Crippen LogP contribution in [0.2, 0.25) is 5.02 Å². The molecular weight excluding hydrogens is 244 g/mol. The van der Waals surface area contributed by atoms with Gasteiger partial charge in [0.1, 0.15) is 5.82 Å². The third-order valence-corrected chi connectivity index (χ3v) is 2.63. The molecule has 1 aromatic heterocycles. The molecule has 0 aliphatic rings. The van der Waals surface area contributed by atoms with Crippen molar-refractivity contribution in [2.75, 3.05) is 24.6 Å². The molecule has 0 atom stereocenters. The topological polar surface area (TPSA) is 73.7 Å². The Labute approximate surface area is 105 Å². The third kappa shape index (κ3) is 3.57. The Kier molecular flexibility index (Phi) is 5.18. The van der Waals surface area contributed by atoms with Gasteiger partial charge < -0.3 is 15.1 Å². The zero-order chi connectivity index (χ0) is 12.8. The van der Waals surface area contributed by atoms with Gasteiger partial charge in [-0.2, -0.15) is 0 Å². The van der Waals surface area contributed by atoms with Gasteiger partial charge in [-0.1, -0.05) is 11.6 Å². The van der Waals surface area contributed by atoms with Gasteiger partial charge in [0.2, 0.25) is 0 Å². The van der Waals surface area contributed by atoms with Gasteiger partial charge in [-0.05, 0) is 25.5 Å². The first-order valence-corrected chi connectivity index (χ1v) is 5.73. The second-order valence-corrected chi connectivity index (χ2v) is 3.87. The number of rotatable bonds is 6. The highest BCUT2D eigenvalue weighted by Gasteiger charge is 2.14. The van der Waals surface area contributed by atoms with Gasteiger partial charge in [0.15, 0.2) is 5.69 Å². The van der Waals surface area contributed by atoms with Crippen LogP contribution in [0.1, 0.15) is 23.8 Å². The van der Waals surface area contributed by atoms with Crippen LogP contribution in [-0.2, 0) is 0 Å². The summed E-state index contributed by atoms with van der Waals surface area (Å²) in [5.74, 6) is -0.585. The smallest absolute Gasteiger partial charge is 0.356 e. The molecule has 1 aromatic rings. The number of anilines is 1. The Morgan fingerprint density at radius 1 is 1.53 bits per heavy atom. The summed E-state index contributed by atoms with van der Waals surface area (Å²) in [6, 6.07) is 3.20. The SMILES string of the molecule is CCN(CCCO)c1ccc(Cl)c(C(=O)O)n1. The molecular formula is C11H15ClN2O3. The van der Waals surface area contributed by atoms with Gasteiger partial charge in [-0.3, -0.25) is 0 Å². The predicted octanol–water partition coefficient (Wildman–Crippen LogP) is 1.64. The van der Waals surface area contributed by atoms with E-state index in [1.165, 1.54) is 6.07 Å². The van der Waals surface area contributed by atoms with Crippen molar-refractivity contribution >= 4 is 23.4 Å². The Morgan fingerprint density at radius 3 is 2.76 bits per heavy atom. The Balaban J connectivity index is 2.96. The van der Waals surface area contributed by atoms with Crippen molar-refractivity contribution in [3.8, 4) is 0 Å². The number of carboxylic acid groups (broad SMARTS) is 1. The van der Waals surface area contributed by atoms with E-state index in [0.717, 1.165) is 0 Å². The number of aromatic nitrogens is 1. The first kappa shape index (κ1) is 13.7. The van der Waals surface area contributed by atoms with E-state index >= 15 is 0 Å². The highest BCUT2D eigenvalue weighted by Crippen LogP contribution is 2.19. The molecule has 0 amide bonds. The molecule has 94 valence electrons. The number of nitrogens with zero attached hydrogens (tertiary/aromatic N) is 2. The highest BCUT2D eigenvalue weighted by molar-refractivity contribution is 6.33. The molecule has 0 fully saturated rings. The van der Waals surface area contributed by atoms with Crippen LogP contribution >= 0.6 is 11.6 Å². The van der Waals surface area contributed by atoms with Crippen molar-refractivity contribution in [1.29, 1.82) is 0 Å². The largest absolute Gasteiger partial charge is 0.476 e. The molecule has 0 bridgehead atoms. The fourth-order valence-corrected chi connectivity index (χ4v) is 1.64. The van der Waals surface area contributed by atoms with Gasteiger partial charge in [-0.15, -0.1) is 0 Å². The van der Waals surface area contributed by atoms with Gasteiger partial charge in [0, 0.05) is 19.7 Å².